The summed E-state index contributed by atoms with van der Waals surface area (Å²) in [7, 11) is 0. The van der Waals surface area contributed by atoms with Crippen LogP contribution in [0, 0.1) is 10.1 Å². The van der Waals surface area contributed by atoms with E-state index in [0.29, 0.717) is 31.5 Å². The summed E-state index contributed by atoms with van der Waals surface area (Å²) in [5, 5.41) is 19.5. The van der Waals surface area contributed by atoms with Gasteiger partial charge in [-0.1, -0.05) is 47.2 Å². The Morgan fingerprint density at radius 1 is 1.15 bits per heavy atom. The van der Waals surface area contributed by atoms with Crippen LogP contribution in [0.25, 0.3) is 22.4 Å². The smallest absolute Gasteiger partial charge is 0.267 e. The number of aromatic nitrogens is 3. The van der Waals surface area contributed by atoms with Crippen molar-refractivity contribution in [2.75, 3.05) is 0 Å². The van der Waals surface area contributed by atoms with E-state index in [-0.39, 0.29) is 11.2 Å². The van der Waals surface area contributed by atoms with E-state index in [1.807, 2.05) is 0 Å². The van der Waals surface area contributed by atoms with Crippen LogP contribution in [0.5, 0.6) is 0 Å². The normalized spacial score (nSPS) is 12.0. The molecular weight excluding hydrogens is 376 g/mol. The van der Waals surface area contributed by atoms with E-state index in [9.17, 15) is 14.9 Å². The molecule has 0 unspecified atom stereocenters. The molecule has 2 aromatic carbocycles. The van der Waals surface area contributed by atoms with Gasteiger partial charge in [-0.05, 0) is 23.8 Å². The third kappa shape index (κ3) is 2.75. The van der Waals surface area contributed by atoms with Crippen molar-refractivity contribution in [1.82, 2.24) is 14.6 Å². The van der Waals surface area contributed by atoms with Gasteiger partial charge in [0.25, 0.3) is 11.2 Å². The third-order valence-electron chi connectivity index (χ3n) is 3.74. The molecule has 0 saturated carbocycles. The molecule has 0 radical (unpaired) electrons. The number of thiazole rings is 1. The highest BCUT2D eigenvalue weighted by molar-refractivity contribution is 7.15. The molecule has 9 heteroatoms. The predicted molar refractivity (Wildman–Crippen MR) is 99.5 cm³/mol. The molecular formula is C17H9ClN4O3S. The monoisotopic (exact) mass is 384 g/mol. The molecule has 0 fully saturated rings. The molecule has 128 valence electrons. The van der Waals surface area contributed by atoms with Crippen molar-refractivity contribution in [2.45, 2.75) is 0 Å². The maximum atomic E-state index is 12.8. The first kappa shape index (κ1) is 16.4. The van der Waals surface area contributed by atoms with Gasteiger partial charge >= 0.3 is 0 Å². The van der Waals surface area contributed by atoms with Gasteiger partial charge in [-0.3, -0.25) is 14.9 Å². The molecule has 0 spiro atoms. The largest absolute Gasteiger partial charge is 0.276 e. The van der Waals surface area contributed by atoms with Gasteiger partial charge in [-0.15, -0.1) is 10.2 Å². The van der Waals surface area contributed by atoms with Crippen LogP contribution in [0.4, 0.5) is 5.69 Å². The minimum Gasteiger partial charge on any atom is -0.267 e. The lowest BCUT2D eigenvalue weighted by atomic mass is 10.2. The lowest BCUT2D eigenvalue weighted by Gasteiger charge is -1.99. The van der Waals surface area contributed by atoms with Gasteiger partial charge in [0.05, 0.1) is 14.5 Å². The second-order valence-electron chi connectivity index (χ2n) is 5.39. The number of non-ortho nitro benzene ring substituents is 1. The fourth-order valence-corrected chi connectivity index (χ4v) is 3.69. The Balaban J connectivity index is 1.90. The van der Waals surface area contributed by atoms with Crippen molar-refractivity contribution < 1.29 is 4.92 Å². The van der Waals surface area contributed by atoms with E-state index in [1.54, 1.807) is 42.5 Å². The number of benzene rings is 2. The molecule has 0 atom stereocenters. The fourth-order valence-electron chi connectivity index (χ4n) is 2.56. The van der Waals surface area contributed by atoms with E-state index in [1.165, 1.54) is 16.5 Å². The molecule has 26 heavy (non-hydrogen) atoms. The van der Waals surface area contributed by atoms with Crippen LogP contribution in [-0.2, 0) is 0 Å². The highest BCUT2D eigenvalue weighted by atomic mass is 35.5. The second kappa shape index (κ2) is 6.32. The number of halogens is 1. The quantitative estimate of drug-likeness (QED) is 0.400. The average molecular weight is 385 g/mol. The van der Waals surface area contributed by atoms with E-state index < -0.39 is 4.92 Å². The molecule has 0 saturated heterocycles. The SMILES string of the molecule is O=c1/c(=C\c2cccc([N+](=O)[O-])c2)sc2nnc(-c3ccccc3Cl)n12. The number of hydrogen-bond donors (Lipinski definition) is 0. The minimum atomic E-state index is -0.476. The molecule has 0 aliphatic rings. The van der Waals surface area contributed by atoms with Gasteiger partial charge in [-0.25, -0.2) is 4.40 Å². The standard InChI is InChI=1S/C17H9ClN4O3S/c18-13-7-2-1-6-12(13)15-19-20-17-21(15)16(23)14(26-17)9-10-4-3-5-11(8-10)22(24)25/h1-9H/b14-9+. The van der Waals surface area contributed by atoms with Gasteiger partial charge in [0.15, 0.2) is 5.82 Å². The van der Waals surface area contributed by atoms with Crippen molar-refractivity contribution in [3.63, 3.8) is 0 Å². The molecule has 4 aromatic rings. The Kier molecular flexibility index (Phi) is 3.98. The van der Waals surface area contributed by atoms with Gasteiger partial charge in [-0.2, -0.15) is 0 Å². The van der Waals surface area contributed by atoms with E-state index in [4.69, 9.17) is 11.6 Å². The molecule has 0 aliphatic carbocycles. The first-order valence-electron chi connectivity index (χ1n) is 7.43. The summed E-state index contributed by atoms with van der Waals surface area (Å²) in [4.78, 5) is 23.7. The number of nitro benzene ring substituents is 1. The summed E-state index contributed by atoms with van der Waals surface area (Å²) in [6, 6.07) is 13.1. The Hall–Kier alpha value is -3.10. The summed E-state index contributed by atoms with van der Waals surface area (Å²) in [5.74, 6) is 0.366. The minimum absolute atomic E-state index is 0.0362. The number of nitrogens with zero attached hydrogens (tertiary/aromatic N) is 4. The van der Waals surface area contributed by atoms with Gasteiger partial charge in [0, 0.05) is 17.7 Å². The van der Waals surface area contributed by atoms with Crippen LogP contribution in [0.3, 0.4) is 0 Å². The van der Waals surface area contributed by atoms with Gasteiger partial charge in [0.2, 0.25) is 4.96 Å². The van der Waals surface area contributed by atoms with E-state index in [2.05, 4.69) is 10.2 Å². The lowest BCUT2D eigenvalue weighted by molar-refractivity contribution is -0.384. The maximum Gasteiger partial charge on any atom is 0.276 e. The van der Waals surface area contributed by atoms with E-state index >= 15 is 0 Å². The number of nitro groups is 1. The summed E-state index contributed by atoms with van der Waals surface area (Å²) < 4.78 is 1.80. The molecule has 0 bridgehead atoms. The predicted octanol–water partition coefficient (Wildman–Crippen LogP) is 2.93. The molecule has 2 aromatic heterocycles. The highest BCUT2D eigenvalue weighted by Crippen LogP contribution is 2.26. The van der Waals surface area contributed by atoms with Crippen molar-refractivity contribution in [2.24, 2.45) is 0 Å². The average Bonchev–Trinajstić information content (AvgIpc) is 3.17. The first-order chi connectivity index (χ1) is 12.5. The third-order valence-corrected chi connectivity index (χ3v) is 5.03. The molecule has 0 aliphatic heterocycles. The van der Waals surface area contributed by atoms with Gasteiger partial charge < -0.3 is 0 Å². The second-order valence-corrected chi connectivity index (χ2v) is 6.81. The zero-order valence-electron chi connectivity index (χ0n) is 13.0. The van der Waals surface area contributed by atoms with Crippen molar-refractivity contribution in [1.29, 1.82) is 0 Å². The topological polar surface area (TPSA) is 90.4 Å². The number of rotatable bonds is 3. The number of fused-ring (bicyclic) bond motifs is 1. The molecule has 4 rings (SSSR count). The van der Waals surface area contributed by atoms with Crippen molar-refractivity contribution in [3.8, 4) is 11.4 Å². The first-order valence-corrected chi connectivity index (χ1v) is 8.63. The van der Waals surface area contributed by atoms with Crippen LogP contribution in [-0.4, -0.2) is 19.5 Å². The van der Waals surface area contributed by atoms with Crippen LogP contribution in [0.2, 0.25) is 5.02 Å². The Morgan fingerprint density at radius 2 is 1.96 bits per heavy atom. The summed E-state index contributed by atoms with van der Waals surface area (Å²) >= 11 is 7.36. The maximum absolute atomic E-state index is 12.8. The van der Waals surface area contributed by atoms with Crippen LogP contribution >= 0.6 is 22.9 Å². The molecule has 2 heterocycles. The van der Waals surface area contributed by atoms with Crippen molar-refractivity contribution >= 4 is 39.7 Å². The molecule has 0 N–H and O–H groups in total. The lowest BCUT2D eigenvalue weighted by Crippen LogP contribution is -2.23. The zero-order chi connectivity index (χ0) is 18.3. The fraction of sp³-hybridized carbons (Fsp3) is 0. The van der Waals surface area contributed by atoms with Crippen LogP contribution in [0.15, 0.2) is 53.3 Å². The van der Waals surface area contributed by atoms with Gasteiger partial charge in [0.1, 0.15) is 0 Å². The molecule has 7 nitrogen and oxygen atoms in total. The number of hydrogen-bond acceptors (Lipinski definition) is 6. The highest BCUT2D eigenvalue weighted by Gasteiger charge is 2.16. The zero-order valence-corrected chi connectivity index (χ0v) is 14.6. The Labute approximate surface area is 155 Å². The summed E-state index contributed by atoms with van der Waals surface area (Å²) in [6.45, 7) is 0. The Morgan fingerprint density at radius 3 is 2.73 bits per heavy atom. The summed E-state index contributed by atoms with van der Waals surface area (Å²) in [5.41, 5.74) is 0.842. The van der Waals surface area contributed by atoms with Crippen LogP contribution < -0.4 is 10.1 Å². The van der Waals surface area contributed by atoms with Crippen LogP contribution in [0.1, 0.15) is 5.56 Å². The summed E-state index contributed by atoms with van der Waals surface area (Å²) in [6.07, 6.45) is 1.60. The molecule has 0 amide bonds. The van der Waals surface area contributed by atoms with Crippen molar-refractivity contribution in [3.05, 3.63) is 84.1 Å². The Bertz CT molecular complexity index is 1260. The van der Waals surface area contributed by atoms with E-state index in [0.717, 1.165) is 11.3 Å².